The molecule has 5 nitrogen and oxygen atoms in total. The van der Waals surface area contributed by atoms with Gasteiger partial charge in [0.25, 0.3) is 5.91 Å². The maximum atomic E-state index is 12.6. The lowest BCUT2D eigenvalue weighted by molar-refractivity contribution is -0.131. The van der Waals surface area contributed by atoms with E-state index in [1.54, 1.807) is 28.0 Å². The summed E-state index contributed by atoms with van der Waals surface area (Å²) in [4.78, 5) is 28.7. The number of rotatable bonds is 4. The van der Waals surface area contributed by atoms with E-state index in [0.29, 0.717) is 43.3 Å². The van der Waals surface area contributed by atoms with Crippen LogP contribution in [-0.4, -0.2) is 47.8 Å². The van der Waals surface area contributed by atoms with Gasteiger partial charge in [-0.1, -0.05) is 41.9 Å². The molecule has 0 bridgehead atoms. The molecule has 1 saturated heterocycles. The molecular weight excluding hydrogens is 385 g/mol. The average Bonchev–Trinajstić information content (AvgIpc) is 2.69. The number of hydrogen-bond acceptors (Lipinski definition) is 3. The predicted molar refractivity (Wildman–Crippen MR) is 109 cm³/mol. The molecule has 144 valence electrons. The summed E-state index contributed by atoms with van der Waals surface area (Å²) in [6.07, 6.45) is 0.286. The van der Waals surface area contributed by atoms with E-state index in [4.69, 9.17) is 17.3 Å². The zero-order valence-corrected chi connectivity index (χ0v) is 16.5. The summed E-state index contributed by atoms with van der Waals surface area (Å²) in [6, 6.07) is 14.7. The minimum Gasteiger partial charge on any atom is -0.339 e. The largest absolute Gasteiger partial charge is 0.339 e. The first-order chi connectivity index (χ1) is 12.6. The van der Waals surface area contributed by atoms with Crippen LogP contribution in [0.3, 0.4) is 0 Å². The Bertz CT molecular complexity index is 788. The van der Waals surface area contributed by atoms with E-state index in [0.717, 1.165) is 11.1 Å². The molecule has 0 aliphatic carbocycles. The molecule has 0 radical (unpaired) electrons. The van der Waals surface area contributed by atoms with Gasteiger partial charge >= 0.3 is 0 Å². The molecule has 3 rings (SSSR count). The standard InChI is InChI=1S/C20H22ClN3O2.ClH/c21-18-4-2-1-3-17(18)13-19(25)23-9-11-24(12-10-23)20(26)16-7-5-15(14-22)6-8-16;/h1-8H,9-14,22H2;1H. The zero-order chi connectivity index (χ0) is 18.5. The molecule has 1 aliphatic heterocycles. The number of carbonyl (C=O) groups excluding carboxylic acids is 2. The quantitative estimate of drug-likeness (QED) is 0.846. The summed E-state index contributed by atoms with van der Waals surface area (Å²) in [5, 5.41) is 0.607. The van der Waals surface area contributed by atoms with Crippen molar-refractivity contribution >= 4 is 35.8 Å². The molecule has 0 aromatic heterocycles. The number of benzene rings is 2. The number of amides is 2. The Hall–Kier alpha value is -2.08. The summed E-state index contributed by atoms with van der Waals surface area (Å²) in [5.74, 6) is 0.0317. The topological polar surface area (TPSA) is 66.6 Å². The molecular formula is C20H23Cl2N3O2. The Balaban J connectivity index is 0.00000261. The van der Waals surface area contributed by atoms with Crippen LogP contribution >= 0.6 is 24.0 Å². The molecule has 0 atom stereocenters. The molecule has 2 N–H and O–H groups in total. The van der Waals surface area contributed by atoms with Crippen molar-refractivity contribution < 1.29 is 9.59 Å². The lowest BCUT2D eigenvalue weighted by Crippen LogP contribution is -2.51. The van der Waals surface area contributed by atoms with Crippen LogP contribution in [0.4, 0.5) is 0 Å². The number of nitrogens with zero attached hydrogens (tertiary/aromatic N) is 2. The van der Waals surface area contributed by atoms with Crippen molar-refractivity contribution in [3.8, 4) is 0 Å². The van der Waals surface area contributed by atoms with Gasteiger partial charge in [0.05, 0.1) is 6.42 Å². The Morgan fingerprint density at radius 1 is 0.926 bits per heavy atom. The highest BCUT2D eigenvalue weighted by Gasteiger charge is 2.25. The fourth-order valence-corrected chi connectivity index (χ4v) is 3.24. The van der Waals surface area contributed by atoms with E-state index >= 15 is 0 Å². The van der Waals surface area contributed by atoms with Crippen LogP contribution in [0.15, 0.2) is 48.5 Å². The van der Waals surface area contributed by atoms with Crippen LogP contribution in [0, 0.1) is 0 Å². The zero-order valence-electron chi connectivity index (χ0n) is 14.9. The molecule has 1 aliphatic rings. The molecule has 2 amide bonds. The minimum absolute atomic E-state index is 0. The Labute approximate surface area is 170 Å². The molecule has 1 heterocycles. The predicted octanol–water partition coefficient (Wildman–Crippen LogP) is 2.75. The molecule has 0 unspecified atom stereocenters. The van der Waals surface area contributed by atoms with Crippen molar-refractivity contribution in [2.24, 2.45) is 5.73 Å². The summed E-state index contributed by atoms with van der Waals surface area (Å²) < 4.78 is 0. The van der Waals surface area contributed by atoms with E-state index < -0.39 is 0 Å². The molecule has 27 heavy (non-hydrogen) atoms. The molecule has 0 saturated carbocycles. The van der Waals surface area contributed by atoms with Gasteiger partial charge in [0.2, 0.25) is 5.91 Å². The summed E-state index contributed by atoms with van der Waals surface area (Å²) in [7, 11) is 0. The Morgan fingerprint density at radius 2 is 1.52 bits per heavy atom. The third kappa shape index (κ3) is 5.22. The van der Waals surface area contributed by atoms with Crippen LogP contribution in [0.5, 0.6) is 0 Å². The van der Waals surface area contributed by atoms with E-state index in [1.807, 2.05) is 30.3 Å². The molecule has 0 spiro atoms. The number of hydrogen-bond donors (Lipinski definition) is 1. The Morgan fingerprint density at radius 3 is 2.11 bits per heavy atom. The van der Waals surface area contributed by atoms with E-state index in [9.17, 15) is 9.59 Å². The van der Waals surface area contributed by atoms with Crippen molar-refractivity contribution in [1.82, 2.24) is 9.80 Å². The van der Waals surface area contributed by atoms with Crippen molar-refractivity contribution in [1.29, 1.82) is 0 Å². The van der Waals surface area contributed by atoms with Gasteiger partial charge in [0.1, 0.15) is 0 Å². The van der Waals surface area contributed by atoms with Gasteiger partial charge in [-0.15, -0.1) is 12.4 Å². The van der Waals surface area contributed by atoms with E-state index in [2.05, 4.69) is 0 Å². The number of halogens is 2. The van der Waals surface area contributed by atoms with Crippen LogP contribution in [0.1, 0.15) is 21.5 Å². The van der Waals surface area contributed by atoms with Gasteiger partial charge < -0.3 is 15.5 Å². The SMILES string of the molecule is Cl.NCc1ccc(C(=O)N2CCN(C(=O)Cc3ccccc3Cl)CC2)cc1. The molecule has 2 aromatic rings. The van der Waals surface area contributed by atoms with Gasteiger partial charge in [-0.2, -0.15) is 0 Å². The first-order valence-corrected chi connectivity index (χ1v) is 9.05. The van der Waals surface area contributed by atoms with Gasteiger partial charge in [-0.3, -0.25) is 9.59 Å². The molecule has 1 fully saturated rings. The fourth-order valence-electron chi connectivity index (χ4n) is 3.04. The highest BCUT2D eigenvalue weighted by atomic mass is 35.5. The van der Waals surface area contributed by atoms with Gasteiger partial charge in [0, 0.05) is 43.3 Å². The van der Waals surface area contributed by atoms with E-state index in [-0.39, 0.29) is 30.6 Å². The van der Waals surface area contributed by atoms with Crippen molar-refractivity contribution in [3.63, 3.8) is 0 Å². The normalized spacial score (nSPS) is 13.9. The lowest BCUT2D eigenvalue weighted by Gasteiger charge is -2.35. The van der Waals surface area contributed by atoms with Crippen LogP contribution in [-0.2, 0) is 17.8 Å². The second-order valence-corrected chi connectivity index (χ2v) is 6.75. The van der Waals surface area contributed by atoms with E-state index in [1.165, 1.54) is 0 Å². The van der Waals surface area contributed by atoms with Crippen molar-refractivity contribution in [3.05, 3.63) is 70.2 Å². The summed E-state index contributed by atoms with van der Waals surface area (Å²) in [5.41, 5.74) is 8.06. The summed E-state index contributed by atoms with van der Waals surface area (Å²) in [6.45, 7) is 2.60. The fraction of sp³-hybridized carbons (Fsp3) is 0.300. The highest BCUT2D eigenvalue weighted by Crippen LogP contribution is 2.17. The van der Waals surface area contributed by atoms with Crippen LogP contribution in [0.25, 0.3) is 0 Å². The van der Waals surface area contributed by atoms with Gasteiger partial charge in [0.15, 0.2) is 0 Å². The second kappa shape index (κ2) is 9.74. The molecule has 7 heteroatoms. The van der Waals surface area contributed by atoms with Crippen molar-refractivity contribution in [2.45, 2.75) is 13.0 Å². The molecule has 2 aromatic carbocycles. The van der Waals surface area contributed by atoms with Crippen molar-refractivity contribution in [2.75, 3.05) is 26.2 Å². The lowest BCUT2D eigenvalue weighted by atomic mass is 10.1. The third-order valence-electron chi connectivity index (χ3n) is 4.66. The van der Waals surface area contributed by atoms with Crippen LogP contribution in [0.2, 0.25) is 5.02 Å². The first kappa shape index (κ1) is 21.2. The minimum atomic E-state index is -0.00762. The third-order valence-corrected chi connectivity index (χ3v) is 5.02. The maximum absolute atomic E-state index is 12.6. The number of nitrogens with two attached hydrogens (primary N) is 1. The number of carbonyl (C=O) groups is 2. The van der Waals surface area contributed by atoms with Gasteiger partial charge in [-0.25, -0.2) is 0 Å². The highest BCUT2D eigenvalue weighted by molar-refractivity contribution is 6.31. The first-order valence-electron chi connectivity index (χ1n) is 8.68. The monoisotopic (exact) mass is 407 g/mol. The van der Waals surface area contributed by atoms with Crippen LogP contribution < -0.4 is 5.73 Å². The maximum Gasteiger partial charge on any atom is 0.253 e. The smallest absolute Gasteiger partial charge is 0.253 e. The summed E-state index contributed by atoms with van der Waals surface area (Å²) >= 11 is 6.13. The second-order valence-electron chi connectivity index (χ2n) is 6.34. The average molecular weight is 408 g/mol. The Kier molecular flexibility index (Phi) is 7.66. The van der Waals surface area contributed by atoms with Gasteiger partial charge in [-0.05, 0) is 29.3 Å². The number of piperazine rings is 1.